The van der Waals surface area contributed by atoms with E-state index in [0.29, 0.717) is 13.0 Å². The lowest BCUT2D eigenvalue weighted by atomic mass is 9.87. The summed E-state index contributed by atoms with van der Waals surface area (Å²) in [5.41, 5.74) is 5.01. The van der Waals surface area contributed by atoms with Crippen LogP contribution in [-0.4, -0.2) is 12.6 Å². The maximum absolute atomic E-state index is 13.3. The van der Waals surface area contributed by atoms with E-state index in [1.165, 1.54) is 11.6 Å². The molecule has 0 aliphatic carbocycles. The van der Waals surface area contributed by atoms with Crippen molar-refractivity contribution in [2.45, 2.75) is 18.9 Å². The molecule has 0 spiro atoms. The van der Waals surface area contributed by atoms with Gasteiger partial charge >= 0.3 is 0 Å². The fourth-order valence-corrected chi connectivity index (χ4v) is 2.89. The number of nitrogens with one attached hydrogen (secondary N) is 1. The molecule has 0 bridgehead atoms. The van der Waals surface area contributed by atoms with Gasteiger partial charge in [0.1, 0.15) is 11.6 Å². The molecule has 0 saturated heterocycles. The molecule has 3 N–H and O–H groups in total. The molecule has 0 radical (unpaired) electrons. The molecule has 110 valence electrons. The Labute approximate surface area is 123 Å². The number of hydrogen-bond acceptors (Lipinski definition) is 3. The Morgan fingerprint density at radius 1 is 1.24 bits per heavy atom. The molecule has 2 unspecified atom stereocenters. The first kappa shape index (κ1) is 14.0. The summed E-state index contributed by atoms with van der Waals surface area (Å²) in [5, 5.41) is 0. The van der Waals surface area contributed by atoms with Gasteiger partial charge in [0.15, 0.2) is 0 Å². The second-order valence-corrected chi connectivity index (χ2v) is 5.49. The predicted octanol–water partition coefficient (Wildman–Crippen LogP) is 2.45. The van der Waals surface area contributed by atoms with E-state index in [1.807, 2.05) is 24.3 Å². The third kappa shape index (κ3) is 3.23. The van der Waals surface area contributed by atoms with Gasteiger partial charge in [-0.2, -0.15) is 0 Å². The molecule has 2 aromatic carbocycles. The number of halogens is 1. The lowest BCUT2D eigenvalue weighted by molar-refractivity contribution is 0.183. The summed E-state index contributed by atoms with van der Waals surface area (Å²) in [5.74, 6) is 6.72. The largest absolute Gasteiger partial charge is 0.493 e. The normalized spacial score (nSPS) is 18.7. The van der Waals surface area contributed by atoms with Gasteiger partial charge in [-0.15, -0.1) is 0 Å². The first-order valence-electron chi connectivity index (χ1n) is 7.17. The van der Waals surface area contributed by atoms with E-state index < -0.39 is 0 Å². The highest BCUT2D eigenvalue weighted by atomic mass is 19.1. The standard InChI is InChI=1S/C17H19FN2O/c18-15-6-3-4-12(8-15)9-16(20-19)14-10-13-5-1-2-7-17(13)21-11-14/h1-8,14,16,20H,9-11,19H2. The summed E-state index contributed by atoms with van der Waals surface area (Å²) in [7, 11) is 0. The van der Waals surface area contributed by atoms with Gasteiger partial charge in [0.05, 0.1) is 6.61 Å². The number of fused-ring (bicyclic) bond motifs is 1. The number of rotatable bonds is 4. The zero-order valence-corrected chi connectivity index (χ0v) is 11.8. The van der Waals surface area contributed by atoms with E-state index in [0.717, 1.165) is 17.7 Å². The van der Waals surface area contributed by atoms with Crippen molar-refractivity contribution in [3.63, 3.8) is 0 Å². The van der Waals surface area contributed by atoms with Crippen LogP contribution in [0.3, 0.4) is 0 Å². The molecule has 1 aliphatic heterocycles. The zero-order valence-electron chi connectivity index (χ0n) is 11.8. The smallest absolute Gasteiger partial charge is 0.123 e. The lowest BCUT2D eigenvalue weighted by Crippen LogP contribution is -2.46. The highest BCUT2D eigenvalue weighted by Crippen LogP contribution is 2.29. The SMILES string of the molecule is NNC(Cc1cccc(F)c1)C1COc2ccccc2C1. The first-order chi connectivity index (χ1) is 10.3. The quantitative estimate of drug-likeness (QED) is 0.670. The third-order valence-corrected chi connectivity index (χ3v) is 4.04. The average Bonchev–Trinajstić information content (AvgIpc) is 2.52. The van der Waals surface area contributed by atoms with Gasteiger partial charge in [-0.05, 0) is 42.2 Å². The summed E-state index contributed by atoms with van der Waals surface area (Å²) < 4.78 is 19.1. The van der Waals surface area contributed by atoms with E-state index in [-0.39, 0.29) is 17.8 Å². The first-order valence-corrected chi connectivity index (χ1v) is 7.17. The van der Waals surface area contributed by atoms with E-state index >= 15 is 0 Å². The average molecular weight is 286 g/mol. The fraction of sp³-hybridized carbons (Fsp3) is 0.294. The minimum absolute atomic E-state index is 0.0557. The van der Waals surface area contributed by atoms with Crippen molar-refractivity contribution in [1.82, 2.24) is 5.43 Å². The molecule has 1 aliphatic rings. The van der Waals surface area contributed by atoms with Crippen LogP contribution in [0.1, 0.15) is 11.1 Å². The zero-order chi connectivity index (χ0) is 14.7. The maximum atomic E-state index is 13.3. The van der Waals surface area contributed by atoms with E-state index in [1.54, 1.807) is 12.1 Å². The molecule has 2 aromatic rings. The number of ether oxygens (including phenoxy) is 1. The van der Waals surface area contributed by atoms with Gasteiger partial charge in [-0.25, -0.2) is 4.39 Å². The van der Waals surface area contributed by atoms with Gasteiger partial charge in [-0.3, -0.25) is 11.3 Å². The Bertz CT molecular complexity index is 617. The molecule has 2 atom stereocenters. The monoisotopic (exact) mass is 286 g/mol. The number of benzene rings is 2. The molecule has 4 heteroatoms. The van der Waals surface area contributed by atoms with Gasteiger partial charge < -0.3 is 4.74 Å². The number of para-hydroxylation sites is 1. The van der Waals surface area contributed by atoms with Crippen molar-refractivity contribution < 1.29 is 9.13 Å². The molecular formula is C17H19FN2O. The number of nitrogens with two attached hydrogens (primary N) is 1. The topological polar surface area (TPSA) is 47.3 Å². The van der Waals surface area contributed by atoms with Crippen molar-refractivity contribution in [2.24, 2.45) is 11.8 Å². The fourth-order valence-electron chi connectivity index (χ4n) is 2.89. The molecule has 1 heterocycles. The molecule has 3 rings (SSSR count). The van der Waals surface area contributed by atoms with Crippen LogP contribution < -0.4 is 16.0 Å². The summed E-state index contributed by atoms with van der Waals surface area (Å²) in [6, 6.07) is 14.8. The van der Waals surface area contributed by atoms with Crippen LogP contribution in [-0.2, 0) is 12.8 Å². The third-order valence-electron chi connectivity index (χ3n) is 4.04. The van der Waals surface area contributed by atoms with Gasteiger partial charge in [0, 0.05) is 12.0 Å². The van der Waals surface area contributed by atoms with Gasteiger partial charge in [-0.1, -0.05) is 30.3 Å². The summed E-state index contributed by atoms with van der Waals surface area (Å²) in [4.78, 5) is 0. The second kappa shape index (κ2) is 6.24. The predicted molar refractivity (Wildman–Crippen MR) is 80.3 cm³/mol. The molecule has 3 nitrogen and oxygen atoms in total. The summed E-state index contributed by atoms with van der Waals surface area (Å²) in [6.07, 6.45) is 1.60. The Kier molecular flexibility index (Phi) is 4.18. The Balaban J connectivity index is 1.73. The van der Waals surface area contributed by atoms with Crippen molar-refractivity contribution in [2.75, 3.05) is 6.61 Å². The van der Waals surface area contributed by atoms with Crippen LogP contribution in [0.5, 0.6) is 5.75 Å². The van der Waals surface area contributed by atoms with Gasteiger partial charge in [0.2, 0.25) is 0 Å². The van der Waals surface area contributed by atoms with E-state index in [4.69, 9.17) is 10.6 Å². The van der Waals surface area contributed by atoms with Crippen molar-refractivity contribution in [3.8, 4) is 5.75 Å². The van der Waals surface area contributed by atoms with E-state index in [9.17, 15) is 4.39 Å². The second-order valence-electron chi connectivity index (χ2n) is 5.49. The van der Waals surface area contributed by atoms with Crippen LogP contribution in [0.2, 0.25) is 0 Å². The van der Waals surface area contributed by atoms with Crippen molar-refractivity contribution in [3.05, 3.63) is 65.5 Å². The Morgan fingerprint density at radius 3 is 2.90 bits per heavy atom. The lowest BCUT2D eigenvalue weighted by Gasteiger charge is -2.31. The van der Waals surface area contributed by atoms with Gasteiger partial charge in [0.25, 0.3) is 0 Å². The number of hydrazine groups is 1. The van der Waals surface area contributed by atoms with Crippen LogP contribution >= 0.6 is 0 Å². The molecule has 0 amide bonds. The Morgan fingerprint density at radius 2 is 2.10 bits per heavy atom. The van der Waals surface area contributed by atoms with E-state index in [2.05, 4.69) is 11.5 Å². The van der Waals surface area contributed by atoms with Crippen LogP contribution in [0.15, 0.2) is 48.5 Å². The van der Waals surface area contributed by atoms with Crippen LogP contribution in [0.25, 0.3) is 0 Å². The Hall–Kier alpha value is -1.91. The molecule has 0 saturated carbocycles. The summed E-state index contributed by atoms with van der Waals surface area (Å²) >= 11 is 0. The number of hydrogen-bond donors (Lipinski definition) is 2. The summed E-state index contributed by atoms with van der Waals surface area (Å²) in [6.45, 7) is 0.626. The van der Waals surface area contributed by atoms with Crippen molar-refractivity contribution >= 4 is 0 Å². The molecule has 0 aromatic heterocycles. The maximum Gasteiger partial charge on any atom is 0.123 e. The highest BCUT2D eigenvalue weighted by Gasteiger charge is 2.26. The highest BCUT2D eigenvalue weighted by molar-refractivity contribution is 5.35. The molecular weight excluding hydrogens is 267 g/mol. The minimum Gasteiger partial charge on any atom is -0.493 e. The minimum atomic E-state index is -0.214. The molecule has 0 fully saturated rings. The van der Waals surface area contributed by atoms with Crippen LogP contribution in [0, 0.1) is 11.7 Å². The molecule has 21 heavy (non-hydrogen) atoms. The van der Waals surface area contributed by atoms with Crippen LogP contribution in [0.4, 0.5) is 4.39 Å². The van der Waals surface area contributed by atoms with Crippen molar-refractivity contribution in [1.29, 1.82) is 0 Å².